The van der Waals surface area contributed by atoms with E-state index in [0.717, 1.165) is 13.2 Å². The van der Waals surface area contributed by atoms with Crippen molar-refractivity contribution in [2.75, 3.05) is 7.11 Å². The van der Waals surface area contributed by atoms with Gasteiger partial charge in [0.05, 0.1) is 7.11 Å². The number of halogens is 4. The van der Waals surface area contributed by atoms with Crippen molar-refractivity contribution in [2.24, 2.45) is 5.73 Å². The van der Waals surface area contributed by atoms with Crippen LogP contribution in [0.25, 0.3) is 0 Å². The Labute approximate surface area is 89.8 Å². The van der Waals surface area contributed by atoms with E-state index in [-0.39, 0.29) is 22.9 Å². The van der Waals surface area contributed by atoms with Crippen molar-refractivity contribution in [3.05, 3.63) is 28.3 Å². The Morgan fingerprint density at radius 1 is 1.40 bits per heavy atom. The summed E-state index contributed by atoms with van der Waals surface area (Å²) in [4.78, 5) is 0. The molecule has 0 radical (unpaired) electrons. The Kier molecular flexibility index (Phi) is 3.46. The van der Waals surface area contributed by atoms with Crippen LogP contribution in [0, 0.1) is 0 Å². The zero-order valence-electron chi connectivity index (χ0n) is 7.86. The second-order valence-corrected chi connectivity index (χ2v) is 3.28. The highest BCUT2D eigenvalue weighted by Gasteiger charge is 2.37. The molecule has 15 heavy (non-hydrogen) atoms. The Balaban J connectivity index is 3.44. The number of hydrogen-bond donors (Lipinski definition) is 1. The van der Waals surface area contributed by atoms with Crippen LogP contribution in [0.15, 0.2) is 12.1 Å². The quantitative estimate of drug-likeness (QED) is 0.861. The van der Waals surface area contributed by atoms with Gasteiger partial charge in [-0.15, -0.1) is 0 Å². The minimum Gasteiger partial charge on any atom is -0.496 e. The Hall–Kier alpha value is -0.940. The summed E-state index contributed by atoms with van der Waals surface area (Å²) in [5.74, 6) is -0.310. The fraction of sp³-hybridized carbons (Fsp3) is 0.333. The molecule has 2 nitrogen and oxygen atoms in total. The standard InChI is InChI=1S/C9H9ClF3NO/c1-15-7-3-6(10)2-5(4-14)8(7)9(11,12)13/h2-3H,4,14H2,1H3. The SMILES string of the molecule is COc1cc(Cl)cc(CN)c1C(F)(F)F. The monoisotopic (exact) mass is 239 g/mol. The van der Waals surface area contributed by atoms with Gasteiger partial charge in [0, 0.05) is 11.6 Å². The number of ether oxygens (including phenoxy) is 1. The van der Waals surface area contributed by atoms with Crippen LogP contribution in [-0.2, 0) is 12.7 Å². The summed E-state index contributed by atoms with van der Waals surface area (Å²) in [5.41, 5.74) is 4.28. The van der Waals surface area contributed by atoms with Crippen LogP contribution in [0.5, 0.6) is 5.75 Å². The molecule has 1 aromatic carbocycles. The third kappa shape index (κ3) is 2.54. The number of alkyl halides is 3. The van der Waals surface area contributed by atoms with Crippen LogP contribution in [0.2, 0.25) is 5.02 Å². The van der Waals surface area contributed by atoms with Gasteiger partial charge < -0.3 is 10.5 Å². The van der Waals surface area contributed by atoms with Gasteiger partial charge in [-0.3, -0.25) is 0 Å². The number of nitrogens with two attached hydrogens (primary N) is 1. The summed E-state index contributed by atoms with van der Waals surface area (Å²) < 4.78 is 42.5. The predicted molar refractivity (Wildman–Crippen MR) is 50.9 cm³/mol. The normalized spacial score (nSPS) is 11.6. The molecule has 0 aliphatic carbocycles. The second kappa shape index (κ2) is 4.28. The van der Waals surface area contributed by atoms with Gasteiger partial charge in [0.25, 0.3) is 0 Å². The van der Waals surface area contributed by atoms with E-state index in [9.17, 15) is 13.2 Å². The minimum absolute atomic E-state index is 0.0770. The minimum atomic E-state index is -4.50. The predicted octanol–water partition coefficient (Wildman–Crippen LogP) is 2.83. The van der Waals surface area contributed by atoms with Crippen LogP contribution >= 0.6 is 11.6 Å². The first-order valence-corrected chi connectivity index (χ1v) is 4.41. The molecule has 1 rings (SSSR count). The van der Waals surface area contributed by atoms with Gasteiger partial charge in [0.2, 0.25) is 0 Å². The molecular formula is C9H9ClF3NO. The molecule has 0 heterocycles. The van der Waals surface area contributed by atoms with Gasteiger partial charge in [0.1, 0.15) is 11.3 Å². The second-order valence-electron chi connectivity index (χ2n) is 2.84. The van der Waals surface area contributed by atoms with Crippen LogP contribution in [0.4, 0.5) is 13.2 Å². The first-order chi connectivity index (χ1) is 6.90. The van der Waals surface area contributed by atoms with Gasteiger partial charge >= 0.3 is 6.18 Å². The van der Waals surface area contributed by atoms with E-state index in [1.165, 1.54) is 6.07 Å². The topological polar surface area (TPSA) is 35.2 Å². The van der Waals surface area contributed by atoms with Crippen LogP contribution in [0.1, 0.15) is 11.1 Å². The third-order valence-electron chi connectivity index (χ3n) is 1.87. The average molecular weight is 240 g/mol. The zero-order valence-corrected chi connectivity index (χ0v) is 8.62. The first kappa shape index (κ1) is 12.1. The Morgan fingerprint density at radius 2 is 2.00 bits per heavy atom. The van der Waals surface area contributed by atoms with Crippen molar-refractivity contribution in [1.82, 2.24) is 0 Å². The lowest BCUT2D eigenvalue weighted by Gasteiger charge is -2.16. The molecule has 6 heteroatoms. The highest BCUT2D eigenvalue weighted by Crippen LogP contribution is 2.40. The molecule has 0 aromatic heterocycles. The van der Waals surface area contributed by atoms with Gasteiger partial charge in [0.15, 0.2) is 0 Å². The van der Waals surface area contributed by atoms with Gasteiger partial charge in [-0.05, 0) is 17.7 Å². The molecule has 0 saturated heterocycles. The molecule has 0 spiro atoms. The highest BCUT2D eigenvalue weighted by molar-refractivity contribution is 6.30. The summed E-state index contributed by atoms with van der Waals surface area (Å²) in [7, 11) is 1.15. The van der Waals surface area contributed by atoms with E-state index in [1.54, 1.807) is 0 Å². The summed E-state index contributed by atoms with van der Waals surface area (Å²) in [5, 5.41) is 0.167. The van der Waals surface area contributed by atoms with Crippen LogP contribution < -0.4 is 10.5 Å². The van der Waals surface area contributed by atoms with Gasteiger partial charge in [-0.1, -0.05) is 11.6 Å². The Bertz CT molecular complexity index is 340. The highest BCUT2D eigenvalue weighted by atomic mass is 35.5. The molecule has 1 aromatic rings. The summed E-state index contributed by atoms with van der Waals surface area (Å²) >= 11 is 5.63. The molecule has 0 bridgehead atoms. The van der Waals surface area contributed by atoms with Gasteiger partial charge in [-0.2, -0.15) is 13.2 Å². The van der Waals surface area contributed by atoms with E-state index in [4.69, 9.17) is 17.3 Å². The number of methoxy groups -OCH3 is 1. The number of hydrogen-bond acceptors (Lipinski definition) is 2. The molecule has 0 saturated carbocycles. The van der Waals surface area contributed by atoms with Crippen LogP contribution in [-0.4, -0.2) is 7.11 Å². The average Bonchev–Trinajstić information content (AvgIpc) is 2.14. The molecule has 0 fully saturated rings. The smallest absolute Gasteiger partial charge is 0.420 e. The number of rotatable bonds is 2. The van der Waals surface area contributed by atoms with Crippen molar-refractivity contribution in [2.45, 2.75) is 12.7 Å². The molecule has 0 atom stereocenters. The maximum absolute atomic E-state index is 12.6. The largest absolute Gasteiger partial charge is 0.496 e. The molecule has 0 aliphatic heterocycles. The zero-order chi connectivity index (χ0) is 11.6. The summed E-state index contributed by atoms with van der Waals surface area (Å²) in [6, 6.07) is 2.30. The van der Waals surface area contributed by atoms with Crippen molar-refractivity contribution in [3.63, 3.8) is 0 Å². The van der Waals surface area contributed by atoms with E-state index in [1.807, 2.05) is 0 Å². The van der Waals surface area contributed by atoms with Crippen LogP contribution in [0.3, 0.4) is 0 Å². The lowest BCUT2D eigenvalue weighted by atomic mass is 10.1. The third-order valence-corrected chi connectivity index (χ3v) is 2.09. The van der Waals surface area contributed by atoms with E-state index < -0.39 is 11.7 Å². The van der Waals surface area contributed by atoms with Crippen molar-refractivity contribution < 1.29 is 17.9 Å². The van der Waals surface area contributed by atoms with Crippen molar-refractivity contribution in [1.29, 1.82) is 0 Å². The molecule has 0 amide bonds. The molecule has 0 unspecified atom stereocenters. The van der Waals surface area contributed by atoms with E-state index in [0.29, 0.717) is 0 Å². The molecule has 0 aliphatic rings. The van der Waals surface area contributed by atoms with E-state index >= 15 is 0 Å². The van der Waals surface area contributed by atoms with E-state index in [2.05, 4.69) is 4.74 Å². The fourth-order valence-corrected chi connectivity index (χ4v) is 1.51. The summed E-state index contributed by atoms with van der Waals surface area (Å²) in [6.07, 6.45) is -4.50. The van der Waals surface area contributed by atoms with Gasteiger partial charge in [-0.25, -0.2) is 0 Å². The maximum Gasteiger partial charge on any atom is 0.420 e. The van der Waals surface area contributed by atoms with Crippen molar-refractivity contribution in [3.8, 4) is 5.75 Å². The Morgan fingerprint density at radius 3 is 2.40 bits per heavy atom. The molecule has 2 N–H and O–H groups in total. The number of benzene rings is 1. The molecular weight excluding hydrogens is 231 g/mol. The summed E-state index contributed by atoms with van der Waals surface area (Å²) in [6.45, 7) is -0.244. The lowest BCUT2D eigenvalue weighted by Crippen LogP contribution is -2.13. The maximum atomic E-state index is 12.6. The first-order valence-electron chi connectivity index (χ1n) is 4.03. The molecule has 84 valence electrons. The fourth-order valence-electron chi connectivity index (χ4n) is 1.28. The lowest BCUT2D eigenvalue weighted by molar-refractivity contribution is -0.139. The van der Waals surface area contributed by atoms with Crippen molar-refractivity contribution >= 4 is 11.6 Å².